The van der Waals surface area contributed by atoms with Crippen LogP contribution in [0, 0.1) is 0 Å². The summed E-state index contributed by atoms with van der Waals surface area (Å²) in [7, 11) is 1.64. The van der Waals surface area contributed by atoms with Gasteiger partial charge in [-0.25, -0.2) is 4.98 Å². The average Bonchev–Trinajstić information content (AvgIpc) is 2.88. The topological polar surface area (TPSA) is 61.8 Å². The number of aromatic nitrogens is 2. The van der Waals surface area contributed by atoms with Crippen molar-refractivity contribution in [3.8, 4) is 11.5 Å². The third kappa shape index (κ3) is 2.38. The van der Waals surface area contributed by atoms with Crippen molar-refractivity contribution in [2.75, 3.05) is 12.8 Å². The van der Waals surface area contributed by atoms with Crippen molar-refractivity contribution in [1.29, 1.82) is 0 Å². The van der Waals surface area contributed by atoms with Gasteiger partial charge >= 0.3 is 0 Å². The number of nitrogens with zero attached hydrogens (tertiary/aromatic N) is 2. The summed E-state index contributed by atoms with van der Waals surface area (Å²) in [5.41, 5.74) is 7.42. The van der Waals surface area contributed by atoms with Crippen LogP contribution in [-0.2, 0) is 6.61 Å². The number of nitrogen functional groups attached to an aromatic ring is 1. The van der Waals surface area contributed by atoms with Gasteiger partial charge in [-0.3, -0.25) is 0 Å². The Morgan fingerprint density at radius 1 is 1.15 bits per heavy atom. The van der Waals surface area contributed by atoms with Gasteiger partial charge in [-0.15, -0.1) is 0 Å². The fraction of sp³-hybridized carbons (Fsp3) is 0.133. The zero-order valence-corrected chi connectivity index (χ0v) is 11.1. The highest BCUT2D eigenvalue weighted by molar-refractivity contribution is 5.55. The molecule has 3 rings (SSSR count). The molecule has 0 bridgehead atoms. The van der Waals surface area contributed by atoms with Gasteiger partial charge in [0.1, 0.15) is 18.1 Å². The molecule has 20 heavy (non-hydrogen) atoms. The van der Waals surface area contributed by atoms with E-state index in [-0.39, 0.29) is 0 Å². The summed E-state index contributed by atoms with van der Waals surface area (Å²) in [5.74, 6) is 2.41. The molecule has 0 aliphatic rings. The Labute approximate surface area is 116 Å². The molecule has 2 aromatic heterocycles. The van der Waals surface area contributed by atoms with Crippen molar-refractivity contribution < 1.29 is 9.47 Å². The third-order valence-corrected chi connectivity index (χ3v) is 3.06. The Bertz CT molecular complexity index is 720. The van der Waals surface area contributed by atoms with Crippen LogP contribution in [0.5, 0.6) is 11.5 Å². The lowest BCUT2D eigenvalue weighted by Gasteiger charge is -2.06. The predicted molar refractivity (Wildman–Crippen MR) is 76.9 cm³/mol. The van der Waals surface area contributed by atoms with E-state index in [9.17, 15) is 0 Å². The van der Waals surface area contributed by atoms with Gasteiger partial charge < -0.3 is 19.6 Å². The minimum absolute atomic E-state index is 0.393. The first-order valence-electron chi connectivity index (χ1n) is 6.24. The van der Waals surface area contributed by atoms with E-state index >= 15 is 0 Å². The van der Waals surface area contributed by atoms with Crippen LogP contribution in [0.1, 0.15) is 5.82 Å². The van der Waals surface area contributed by atoms with Crippen molar-refractivity contribution in [2.24, 2.45) is 0 Å². The van der Waals surface area contributed by atoms with Crippen LogP contribution in [0.3, 0.4) is 0 Å². The first kappa shape index (κ1) is 12.3. The van der Waals surface area contributed by atoms with Crippen molar-refractivity contribution in [3.05, 3.63) is 54.6 Å². The molecule has 0 amide bonds. The van der Waals surface area contributed by atoms with Crippen LogP contribution in [-0.4, -0.2) is 16.5 Å². The van der Waals surface area contributed by atoms with Crippen LogP contribution >= 0.6 is 0 Å². The highest BCUT2D eigenvalue weighted by Gasteiger charge is 2.04. The number of imidazole rings is 1. The number of anilines is 1. The van der Waals surface area contributed by atoms with Gasteiger partial charge in [0, 0.05) is 11.9 Å². The van der Waals surface area contributed by atoms with Gasteiger partial charge in [-0.2, -0.15) is 0 Å². The van der Waals surface area contributed by atoms with E-state index in [1.165, 1.54) is 0 Å². The Morgan fingerprint density at radius 3 is 2.65 bits per heavy atom. The van der Waals surface area contributed by atoms with Crippen molar-refractivity contribution in [2.45, 2.75) is 6.61 Å². The summed E-state index contributed by atoms with van der Waals surface area (Å²) in [6.07, 6.45) is 3.67. The van der Waals surface area contributed by atoms with Gasteiger partial charge in [0.25, 0.3) is 0 Å². The molecule has 2 heterocycles. The number of fused-ring (bicyclic) bond motifs is 1. The smallest absolute Gasteiger partial charge is 0.151 e. The summed E-state index contributed by atoms with van der Waals surface area (Å²) in [6, 6.07) is 11.2. The number of nitrogens with two attached hydrogens (primary N) is 1. The van der Waals surface area contributed by atoms with E-state index in [0.29, 0.717) is 6.61 Å². The molecule has 0 aliphatic heterocycles. The molecule has 0 fully saturated rings. The standard InChI is InChI=1S/C15H15N3O2/c1-19-13-2-4-14(5-3-13)20-10-15-17-9-12-8-11(16)6-7-18(12)15/h2-9H,10,16H2,1H3. The normalized spacial score (nSPS) is 10.7. The summed E-state index contributed by atoms with van der Waals surface area (Å²) >= 11 is 0. The number of hydrogen-bond donors (Lipinski definition) is 1. The molecule has 0 aliphatic carbocycles. The van der Waals surface area contributed by atoms with Gasteiger partial charge in [0.2, 0.25) is 0 Å². The van der Waals surface area contributed by atoms with E-state index < -0.39 is 0 Å². The average molecular weight is 269 g/mol. The lowest BCUT2D eigenvalue weighted by atomic mass is 10.3. The molecular formula is C15H15N3O2. The summed E-state index contributed by atoms with van der Waals surface area (Å²) in [5, 5.41) is 0. The quantitative estimate of drug-likeness (QED) is 0.790. The Balaban J connectivity index is 1.76. The fourth-order valence-corrected chi connectivity index (χ4v) is 2.00. The van der Waals surface area contributed by atoms with E-state index in [0.717, 1.165) is 28.5 Å². The van der Waals surface area contributed by atoms with Gasteiger partial charge in [0.05, 0.1) is 18.8 Å². The van der Waals surface area contributed by atoms with Crippen molar-refractivity contribution >= 4 is 11.2 Å². The van der Waals surface area contributed by atoms with E-state index in [4.69, 9.17) is 15.2 Å². The summed E-state index contributed by atoms with van der Waals surface area (Å²) in [6.45, 7) is 0.393. The second-order valence-electron chi connectivity index (χ2n) is 4.39. The maximum absolute atomic E-state index is 5.74. The van der Waals surface area contributed by atoms with Crippen LogP contribution in [0.15, 0.2) is 48.8 Å². The summed E-state index contributed by atoms with van der Waals surface area (Å²) < 4.78 is 12.8. The fourth-order valence-electron chi connectivity index (χ4n) is 2.00. The molecule has 0 saturated carbocycles. The Hall–Kier alpha value is -2.69. The number of benzene rings is 1. The first-order valence-corrected chi connectivity index (χ1v) is 6.24. The van der Waals surface area contributed by atoms with E-state index in [1.807, 2.05) is 47.0 Å². The number of rotatable bonds is 4. The first-order chi connectivity index (χ1) is 9.76. The molecular weight excluding hydrogens is 254 g/mol. The molecule has 5 heteroatoms. The minimum Gasteiger partial charge on any atom is -0.497 e. The second kappa shape index (κ2) is 5.13. The molecule has 5 nitrogen and oxygen atoms in total. The van der Waals surface area contributed by atoms with Crippen LogP contribution in [0.2, 0.25) is 0 Å². The van der Waals surface area contributed by atoms with E-state index in [2.05, 4.69) is 4.98 Å². The molecule has 0 spiro atoms. The van der Waals surface area contributed by atoms with Crippen molar-refractivity contribution in [1.82, 2.24) is 9.38 Å². The van der Waals surface area contributed by atoms with Crippen LogP contribution in [0.25, 0.3) is 5.52 Å². The summed E-state index contributed by atoms with van der Waals surface area (Å²) in [4.78, 5) is 4.34. The molecule has 0 saturated heterocycles. The Morgan fingerprint density at radius 2 is 1.90 bits per heavy atom. The molecule has 0 unspecified atom stereocenters. The lowest BCUT2D eigenvalue weighted by molar-refractivity contribution is 0.294. The maximum atomic E-state index is 5.74. The van der Waals surface area contributed by atoms with Crippen molar-refractivity contribution in [3.63, 3.8) is 0 Å². The third-order valence-electron chi connectivity index (χ3n) is 3.06. The number of methoxy groups -OCH3 is 1. The number of ether oxygens (including phenoxy) is 2. The maximum Gasteiger partial charge on any atom is 0.151 e. The van der Waals surface area contributed by atoms with Crippen LogP contribution in [0.4, 0.5) is 5.69 Å². The SMILES string of the molecule is COc1ccc(OCc2ncc3cc(N)ccn23)cc1. The number of pyridine rings is 1. The Kier molecular flexibility index (Phi) is 3.16. The zero-order chi connectivity index (χ0) is 13.9. The van der Waals surface area contributed by atoms with Crippen LogP contribution < -0.4 is 15.2 Å². The monoisotopic (exact) mass is 269 g/mol. The van der Waals surface area contributed by atoms with Gasteiger partial charge in [-0.1, -0.05) is 0 Å². The molecule has 2 N–H and O–H groups in total. The predicted octanol–water partition coefficient (Wildman–Crippen LogP) is 2.50. The number of hydrogen-bond acceptors (Lipinski definition) is 4. The largest absolute Gasteiger partial charge is 0.497 e. The lowest BCUT2D eigenvalue weighted by Crippen LogP contribution is -2.01. The highest BCUT2D eigenvalue weighted by Crippen LogP contribution is 2.18. The molecule has 0 radical (unpaired) electrons. The highest BCUT2D eigenvalue weighted by atomic mass is 16.5. The molecule has 1 aromatic carbocycles. The van der Waals surface area contributed by atoms with Gasteiger partial charge in [-0.05, 0) is 36.4 Å². The minimum atomic E-state index is 0.393. The van der Waals surface area contributed by atoms with Gasteiger partial charge in [0.15, 0.2) is 5.82 Å². The molecule has 0 atom stereocenters. The zero-order valence-electron chi connectivity index (χ0n) is 11.1. The molecule has 3 aromatic rings. The van der Waals surface area contributed by atoms with E-state index in [1.54, 1.807) is 13.3 Å². The second-order valence-corrected chi connectivity index (χ2v) is 4.39. The molecule has 102 valence electrons.